The standard InChI is InChI=1S/C21H13F3INO3S/c1-11-18(30-20(26-11)12-2-4-13(5-3-12)21(22,23)24)10-28-14-6-7-15-17(8-14)29-9-16(25)19(15)27/h2-9H,10H2,1H3. The molecular weight excluding hydrogens is 530 g/mol. The molecular formula is C21H13F3INO3S. The molecule has 0 N–H and O–H groups in total. The van der Waals surface area contributed by atoms with E-state index in [0.717, 1.165) is 22.7 Å². The molecule has 0 spiro atoms. The SMILES string of the molecule is Cc1nc(-c2ccc(C(F)(F)F)cc2)sc1COc1ccc2c(=O)c(I)coc2c1. The van der Waals surface area contributed by atoms with Gasteiger partial charge in [0.05, 0.1) is 25.1 Å². The van der Waals surface area contributed by atoms with Crippen molar-refractivity contribution >= 4 is 44.9 Å². The van der Waals surface area contributed by atoms with E-state index in [2.05, 4.69) is 4.98 Å². The first-order valence-corrected chi connectivity index (χ1v) is 10.6. The van der Waals surface area contributed by atoms with Gasteiger partial charge in [-0.1, -0.05) is 12.1 Å². The molecule has 30 heavy (non-hydrogen) atoms. The van der Waals surface area contributed by atoms with Crippen molar-refractivity contribution in [1.82, 2.24) is 4.98 Å². The van der Waals surface area contributed by atoms with Crippen LogP contribution in [0.2, 0.25) is 0 Å². The van der Waals surface area contributed by atoms with Gasteiger partial charge in [0, 0.05) is 11.6 Å². The summed E-state index contributed by atoms with van der Waals surface area (Å²) < 4.78 is 50.0. The topological polar surface area (TPSA) is 52.3 Å². The van der Waals surface area contributed by atoms with Crippen molar-refractivity contribution in [2.75, 3.05) is 0 Å². The number of halogens is 4. The Morgan fingerprint density at radius 2 is 1.90 bits per heavy atom. The molecule has 4 rings (SSSR count). The number of benzene rings is 2. The fourth-order valence-corrected chi connectivity index (χ4v) is 4.21. The summed E-state index contributed by atoms with van der Waals surface area (Å²) >= 11 is 3.28. The molecule has 0 aliphatic carbocycles. The Bertz CT molecular complexity index is 1280. The lowest BCUT2D eigenvalue weighted by Crippen LogP contribution is -2.04. The van der Waals surface area contributed by atoms with E-state index in [1.165, 1.54) is 29.7 Å². The third-order valence-electron chi connectivity index (χ3n) is 4.43. The van der Waals surface area contributed by atoms with Crippen LogP contribution in [0, 0.1) is 10.5 Å². The summed E-state index contributed by atoms with van der Waals surface area (Å²) in [6.07, 6.45) is -2.97. The predicted octanol–water partition coefficient (Wildman–Crippen LogP) is 6.43. The lowest BCUT2D eigenvalue weighted by molar-refractivity contribution is -0.137. The van der Waals surface area contributed by atoms with Crippen LogP contribution in [0.5, 0.6) is 5.75 Å². The normalized spacial score (nSPS) is 11.8. The molecule has 4 aromatic rings. The highest BCUT2D eigenvalue weighted by molar-refractivity contribution is 14.1. The van der Waals surface area contributed by atoms with Gasteiger partial charge in [-0.15, -0.1) is 11.3 Å². The number of hydrogen-bond donors (Lipinski definition) is 0. The fourth-order valence-electron chi connectivity index (χ4n) is 2.81. The Hall–Kier alpha value is -2.40. The minimum atomic E-state index is -4.37. The number of fused-ring (bicyclic) bond motifs is 1. The molecule has 2 aromatic carbocycles. The highest BCUT2D eigenvalue weighted by Crippen LogP contribution is 2.33. The summed E-state index contributed by atoms with van der Waals surface area (Å²) in [5.41, 5.74) is 1.01. The zero-order valence-corrected chi connectivity index (χ0v) is 18.4. The lowest BCUT2D eigenvalue weighted by atomic mass is 10.1. The summed E-state index contributed by atoms with van der Waals surface area (Å²) in [5.74, 6) is 0.538. The summed E-state index contributed by atoms with van der Waals surface area (Å²) in [4.78, 5) is 17.4. The smallest absolute Gasteiger partial charge is 0.416 e. The minimum Gasteiger partial charge on any atom is -0.488 e. The molecule has 0 aliphatic heterocycles. The molecule has 2 aromatic heterocycles. The maximum absolute atomic E-state index is 12.7. The number of nitrogens with zero attached hydrogens (tertiary/aromatic N) is 1. The van der Waals surface area contributed by atoms with Gasteiger partial charge in [0.2, 0.25) is 5.43 Å². The Kier molecular flexibility index (Phi) is 5.58. The number of aryl methyl sites for hydroxylation is 1. The first kappa shape index (κ1) is 20.9. The van der Waals surface area contributed by atoms with Crippen molar-refractivity contribution in [2.24, 2.45) is 0 Å². The van der Waals surface area contributed by atoms with Gasteiger partial charge in [-0.2, -0.15) is 13.2 Å². The average molecular weight is 543 g/mol. The van der Waals surface area contributed by atoms with Crippen molar-refractivity contribution in [2.45, 2.75) is 19.7 Å². The summed E-state index contributed by atoms with van der Waals surface area (Å²) in [6.45, 7) is 2.06. The molecule has 0 fully saturated rings. The fraction of sp³-hybridized carbons (Fsp3) is 0.143. The minimum absolute atomic E-state index is 0.0946. The molecule has 0 saturated carbocycles. The number of ether oxygens (including phenoxy) is 1. The van der Waals surface area contributed by atoms with Gasteiger partial charge in [-0.3, -0.25) is 4.79 Å². The maximum atomic E-state index is 12.7. The van der Waals surface area contributed by atoms with Crippen LogP contribution in [-0.2, 0) is 12.8 Å². The summed E-state index contributed by atoms with van der Waals surface area (Å²) in [6, 6.07) is 9.93. The highest BCUT2D eigenvalue weighted by Gasteiger charge is 2.30. The van der Waals surface area contributed by atoms with Crippen molar-refractivity contribution < 1.29 is 22.3 Å². The predicted molar refractivity (Wildman–Crippen MR) is 117 cm³/mol. The van der Waals surface area contributed by atoms with E-state index >= 15 is 0 Å². The first-order chi connectivity index (χ1) is 14.2. The van der Waals surface area contributed by atoms with Crippen LogP contribution >= 0.6 is 33.9 Å². The van der Waals surface area contributed by atoms with E-state index in [4.69, 9.17) is 9.15 Å². The molecule has 0 unspecified atom stereocenters. The summed E-state index contributed by atoms with van der Waals surface area (Å²) in [5, 5.41) is 1.10. The van der Waals surface area contributed by atoms with E-state index in [9.17, 15) is 18.0 Å². The van der Waals surface area contributed by atoms with Crippen LogP contribution in [0.1, 0.15) is 16.1 Å². The van der Waals surface area contributed by atoms with Gasteiger partial charge < -0.3 is 9.15 Å². The number of alkyl halides is 3. The van der Waals surface area contributed by atoms with Crippen LogP contribution in [0.15, 0.2) is 57.9 Å². The maximum Gasteiger partial charge on any atom is 0.416 e. The van der Waals surface area contributed by atoms with Crippen molar-refractivity contribution in [3.8, 4) is 16.3 Å². The second-order valence-electron chi connectivity index (χ2n) is 6.46. The molecule has 2 heterocycles. The third-order valence-corrected chi connectivity index (χ3v) is 6.35. The van der Waals surface area contributed by atoms with Crippen LogP contribution in [0.4, 0.5) is 13.2 Å². The Labute approximate surface area is 186 Å². The Morgan fingerprint density at radius 1 is 1.17 bits per heavy atom. The van der Waals surface area contributed by atoms with E-state index < -0.39 is 11.7 Å². The van der Waals surface area contributed by atoms with Crippen LogP contribution in [-0.4, -0.2) is 4.98 Å². The zero-order chi connectivity index (χ0) is 21.5. The second-order valence-corrected chi connectivity index (χ2v) is 8.71. The highest BCUT2D eigenvalue weighted by atomic mass is 127. The molecule has 0 atom stereocenters. The van der Waals surface area contributed by atoms with E-state index in [-0.39, 0.29) is 12.0 Å². The van der Waals surface area contributed by atoms with Gasteiger partial charge in [0.1, 0.15) is 29.2 Å². The quantitative estimate of drug-likeness (QED) is 0.279. The third kappa shape index (κ3) is 4.22. The van der Waals surface area contributed by atoms with Crippen LogP contribution < -0.4 is 10.2 Å². The molecule has 154 valence electrons. The largest absolute Gasteiger partial charge is 0.488 e. The van der Waals surface area contributed by atoms with Crippen molar-refractivity contribution in [3.05, 3.63) is 78.7 Å². The Morgan fingerprint density at radius 3 is 2.60 bits per heavy atom. The number of hydrogen-bond acceptors (Lipinski definition) is 5. The van der Waals surface area contributed by atoms with Crippen molar-refractivity contribution in [1.29, 1.82) is 0 Å². The monoisotopic (exact) mass is 543 g/mol. The number of rotatable bonds is 4. The molecule has 0 aliphatic rings. The average Bonchev–Trinajstić information content (AvgIpc) is 3.09. The second kappa shape index (κ2) is 8.03. The van der Waals surface area contributed by atoms with Gasteiger partial charge in [-0.05, 0) is 53.8 Å². The van der Waals surface area contributed by atoms with Crippen LogP contribution in [0.3, 0.4) is 0 Å². The molecule has 0 radical (unpaired) electrons. The zero-order valence-electron chi connectivity index (χ0n) is 15.4. The molecule has 0 saturated heterocycles. The van der Waals surface area contributed by atoms with Gasteiger partial charge in [0.15, 0.2) is 0 Å². The summed E-state index contributed by atoms with van der Waals surface area (Å²) in [7, 11) is 0. The molecule has 0 bridgehead atoms. The van der Waals surface area contributed by atoms with E-state index in [1.54, 1.807) is 18.2 Å². The molecule has 9 heteroatoms. The van der Waals surface area contributed by atoms with Crippen LogP contribution in [0.25, 0.3) is 21.5 Å². The molecule has 0 amide bonds. The number of aromatic nitrogens is 1. The van der Waals surface area contributed by atoms with E-state index in [0.29, 0.717) is 30.9 Å². The first-order valence-electron chi connectivity index (χ1n) is 8.70. The van der Waals surface area contributed by atoms with Crippen molar-refractivity contribution in [3.63, 3.8) is 0 Å². The lowest BCUT2D eigenvalue weighted by Gasteiger charge is -2.06. The molecule has 4 nitrogen and oxygen atoms in total. The van der Waals surface area contributed by atoms with Gasteiger partial charge in [0.25, 0.3) is 0 Å². The van der Waals surface area contributed by atoms with Gasteiger partial charge >= 0.3 is 6.18 Å². The van der Waals surface area contributed by atoms with Gasteiger partial charge in [-0.25, -0.2) is 4.98 Å². The van der Waals surface area contributed by atoms with E-state index in [1.807, 2.05) is 29.5 Å². The number of thiazole rings is 1. The Balaban J connectivity index is 1.52.